The van der Waals surface area contributed by atoms with E-state index in [1.807, 2.05) is 7.05 Å². The van der Waals surface area contributed by atoms with E-state index in [2.05, 4.69) is 5.32 Å². The summed E-state index contributed by atoms with van der Waals surface area (Å²) >= 11 is 0. The lowest BCUT2D eigenvalue weighted by Crippen LogP contribution is -2.44. The summed E-state index contributed by atoms with van der Waals surface area (Å²) in [6.45, 7) is 1.07. The maximum absolute atomic E-state index is 12.4. The number of likely N-dealkylation sites (N-methyl/N-ethyl adjacent to an activating group) is 2. The van der Waals surface area contributed by atoms with Crippen molar-refractivity contribution in [3.63, 3.8) is 0 Å². The summed E-state index contributed by atoms with van der Waals surface area (Å²) in [6.07, 6.45) is 1.43. The molecule has 0 saturated carbocycles. The molecule has 3 heterocycles. The van der Waals surface area contributed by atoms with Gasteiger partial charge in [0.2, 0.25) is 17.7 Å². The molecule has 4 atom stereocenters. The van der Waals surface area contributed by atoms with Crippen molar-refractivity contribution >= 4 is 30.1 Å². The Hall–Kier alpha value is -1.18. The number of ether oxygens (including phenoxy) is 1. The summed E-state index contributed by atoms with van der Waals surface area (Å²) in [5.74, 6) is -1.38. The third-order valence-electron chi connectivity index (χ3n) is 4.79. The number of likely N-dealkylation sites (tertiary alicyclic amines) is 1. The maximum atomic E-state index is 12.4. The van der Waals surface area contributed by atoms with Gasteiger partial charge >= 0.3 is 0 Å². The predicted octanol–water partition coefficient (Wildman–Crippen LogP) is -0.752. The van der Waals surface area contributed by atoms with Gasteiger partial charge in [0.25, 0.3) is 0 Å². The molecule has 3 rings (SSSR count). The highest BCUT2D eigenvalue weighted by atomic mass is 35.5. The first-order valence-corrected chi connectivity index (χ1v) is 7.44. The first-order valence-electron chi connectivity index (χ1n) is 7.44. The number of halogens is 1. The van der Waals surface area contributed by atoms with Crippen LogP contribution in [0.25, 0.3) is 0 Å². The molecule has 0 radical (unpaired) electrons. The molecular formula is C14H22ClN3O4. The third-order valence-corrected chi connectivity index (χ3v) is 4.79. The first kappa shape index (κ1) is 17.2. The highest BCUT2D eigenvalue weighted by molar-refractivity contribution is 6.08. The molecule has 1 N–H and O–H groups in total. The van der Waals surface area contributed by atoms with E-state index in [9.17, 15) is 14.4 Å². The van der Waals surface area contributed by atoms with E-state index in [1.54, 1.807) is 7.05 Å². The van der Waals surface area contributed by atoms with E-state index in [1.165, 1.54) is 4.90 Å². The fourth-order valence-corrected chi connectivity index (χ4v) is 3.59. The third kappa shape index (κ3) is 2.61. The standard InChI is InChI=1S/C14H21N3O4.ClH/c1-15-5-6-16(2)10(18)7-17-13(19)11-8-3-4-9(21-8)12(11)14(17)20;/h8-9,11-12,15H,3-7H2,1-2H3;1H. The van der Waals surface area contributed by atoms with Crippen LogP contribution in [0.1, 0.15) is 12.8 Å². The van der Waals surface area contributed by atoms with E-state index in [4.69, 9.17) is 4.74 Å². The Kier molecular flexibility index (Phi) is 5.09. The number of nitrogens with zero attached hydrogens (tertiary/aromatic N) is 2. The summed E-state index contributed by atoms with van der Waals surface area (Å²) < 4.78 is 5.66. The van der Waals surface area contributed by atoms with Crippen LogP contribution in [0, 0.1) is 11.8 Å². The van der Waals surface area contributed by atoms with Gasteiger partial charge in [0.15, 0.2) is 0 Å². The van der Waals surface area contributed by atoms with Crippen LogP contribution in [-0.4, -0.2) is 73.5 Å². The first-order chi connectivity index (χ1) is 10.0. The lowest BCUT2D eigenvalue weighted by atomic mass is 9.81. The minimum atomic E-state index is -0.355. The SMILES string of the molecule is CNCCN(C)C(=O)CN1C(=O)C2C3CCC(O3)C2C1=O.Cl. The number of rotatable bonds is 5. The maximum Gasteiger partial charge on any atom is 0.242 e. The summed E-state index contributed by atoms with van der Waals surface area (Å²) in [5, 5.41) is 2.96. The number of fused-ring (bicyclic) bond motifs is 5. The van der Waals surface area contributed by atoms with Gasteiger partial charge < -0.3 is 15.0 Å². The zero-order valence-corrected chi connectivity index (χ0v) is 13.6. The largest absolute Gasteiger partial charge is 0.373 e. The predicted molar refractivity (Wildman–Crippen MR) is 80.4 cm³/mol. The van der Waals surface area contributed by atoms with Gasteiger partial charge in [0, 0.05) is 20.1 Å². The van der Waals surface area contributed by atoms with Gasteiger partial charge in [0.05, 0.1) is 24.0 Å². The molecule has 3 amide bonds. The fraction of sp³-hybridized carbons (Fsp3) is 0.786. The van der Waals surface area contributed by atoms with Crippen molar-refractivity contribution in [1.82, 2.24) is 15.1 Å². The Morgan fingerprint density at radius 3 is 2.32 bits per heavy atom. The van der Waals surface area contributed by atoms with E-state index in [0.29, 0.717) is 13.1 Å². The summed E-state index contributed by atoms with van der Waals surface area (Å²) in [6, 6.07) is 0. The highest BCUT2D eigenvalue weighted by Crippen LogP contribution is 2.48. The number of hydrogen-bond acceptors (Lipinski definition) is 5. The number of hydrogen-bond donors (Lipinski definition) is 1. The van der Waals surface area contributed by atoms with Crippen molar-refractivity contribution in [3.8, 4) is 0 Å². The highest BCUT2D eigenvalue weighted by Gasteiger charge is 2.62. The molecule has 3 aliphatic rings. The lowest BCUT2D eigenvalue weighted by Gasteiger charge is -2.21. The Morgan fingerprint density at radius 1 is 1.27 bits per heavy atom. The van der Waals surface area contributed by atoms with Gasteiger partial charge in [-0.05, 0) is 19.9 Å². The number of nitrogens with one attached hydrogen (secondary N) is 1. The summed E-state index contributed by atoms with van der Waals surface area (Å²) in [7, 11) is 3.49. The molecule has 4 unspecified atom stereocenters. The molecule has 124 valence electrons. The molecule has 8 heteroatoms. The van der Waals surface area contributed by atoms with Gasteiger partial charge in [0.1, 0.15) is 6.54 Å². The molecule has 22 heavy (non-hydrogen) atoms. The molecule has 0 aliphatic carbocycles. The zero-order valence-electron chi connectivity index (χ0n) is 12.8. The van der Waals surface area contributed by atoms with Gasteiger partial charge in [-0.2, -0.15) is 0 Å². The van der Waals surface area contributed by atoms with Crippen molar-refractivity contribution in [2.24, 2.45) is 11.8 Å². The molecular weight excluding hydrogens is 310 g/mol. The molecule has 0 spiro atoms. The quantitative estimate of drug-likeness (QED) is 0.671. The smallest absolute Gasteiger partial charge is 0.242 e. The summed E-state index contributed by atoms with van der Waals surface area (Å²) in [5.41, 5.74) is 0. The van der Waals surface area contributed by atoms with Crippen LogP contribution in [0.15, 0.2) is 0 Å². The molecule has 2 bridgehead atoms. The monoisotopic (exact) mass is 331 g/mol. The average Bonchev–Trinajstić information content (AvgIpc) is 3.14. The topological polar surface area (TPSA) is 79.0 Å². The molecule has 0 aromatic heterocycles. The fourth-order valence-electron chi connectivity index (χ4n) is 3.59. The van der Waals surface area contributed by atoms with Crippen LogP contribution in [0.5, 0.6) is 0 Å². The molecule has 0 aromatic rings. The van der Waals surface area contributed by atoms with E-state index in [-0.39, 0.29) is 60.7 Å². The van der Waals surface area contributed by atoms with Crippen LogP contribution >= 0.6 is 12.4 Å². The second kappa shape index (κ2) is 6.52. The van der Waals surface area contributed by atoms with E-state index >= 15 is 0 Å². The second-order valence-corrected chi connectivity index (χ2v) is 6.02. The van der Waals surface area contributed by atoms with E-state index in [0.717, 1.165) is 17.7 Å². The minimum absolute atomic E-state index is 0. The normalized spacial score (nSPS) is 32.2. The van der Waals surface area contributed by atoms with E-state index < -0.39 is 0 Å². The van der Waals surface area contributed by atoms with Crippen LogP contribution in [0.3, 0.4) is 0 Å². The second-order valence-electron chi connectivity index (χ2n) is 6.02. The van der Waals surface area contributed by atoms with Crippen molar-refractivity contribution in [1.29, 1.82) is 0 Å². The number of carbonyl (C=O) groups is 3. The van der Waals surface area contributed by atoms with Crippen LogP contribution in [-0.2, 0) is 19.1 Å². The Labute approximate surface area is 135 Å². The minimum Gasteiger partial charge on any atom is -0.373 e. The molecule has 3 aliphatic heterocycles. The van der Waals surface area contributed by atoms with Gasteiger partial charge in [-0.15, -0.1) is 12.4 Å². The number of imide groups is 1. The number of amides is 3. The molecule has 7 nitrogen and oxygen atoms in total. The molecule has 3 saturated heterocycles. The zero-order chi connectivity index (χ0) is 15.1. The summed E-state index contributed by atoms with van der Waals surface area (Å²) in [4.78, 5) is 39.6. The van der Waals surface area contributed by atoms with Crippen molar-refractivity contribution in [3.05, 3.63) is 0 Å². The lowest BCUT2D eigenvalue weighted by molar-refractivity contribution is -0.148. The van der Waals surface area contributed by atoms with Gasteiger partial charge in [-0.1, -0.05) is 0 Å². The Morgan fingerprint density at radius 2 is 1.82 bits per heavy atom. The van der Waals surface area contributed by atoms with Gasteiger partial charge in [-0.3, -0.25) is 19.3 Å². The number of carbonyl (C=O) groups excluding carboxylic acids is 3. The molecule has 3 fully saturated rings. The van der Waals surface area contributed by atoms with Crippen molar-refractivity contribution < 1.29 is 19.1 Å². The average molecular weight is 332 g/mol. The van der Waals surface area contributed by atoms with Gasteiger partial charge in [-0.25, -0.2) is 0 Å². The Balaban J connectivity index is 0.00000176. The van der Waals surface area contributed by atoms with Crippen LogP contribution in [0.4, 0.5) is 0 Å². The van der Waals surface area contributed by atoms with Crippen molar-refractivity contribution in [2.45, 2.75) is 25.0 Å². The van der Waals surface area contributed by atoms with Crippen LogP contribution in [0.2, 0.25) is 0 Å². The Bertz CT molecular complexity index is 459. The van der Waals surface area contributed by atoms with Crippen molar-refractivity contribution in [2.75, 3.05) is 33.7 Å². The van der Waals surface area contributed by atoms with Crippen LogP contribution < -0.4 is 5.32 Å². The molecule has 0 aromatic carbocycles.